The number of amides is 1. The largest absolute Gasteiger partial charge is 0.343 e. The summed E-state index contributed by atoms with van der Waals surface area (Å²) in [5.41, 5.74) is 0. The van der Waals surface area contributed by atoms with E-state index in [1.165, 1.54) is 6.42 Å². The Bertz CT molecular complexity index is 251. The van der Waals surface area contributed by atoms with Gasteiger partial charge in [0.05, 0.1) is 0 Å². The van der Waals surface area contributed by atoms with Crippen molar-refractivity contribution < 1.29 is 4.79 Å². The molecule has 2 saturated heterocycles. The number of allylic oxidation sites excluding steroid dienone is 1. The van der Waals surface area contributed by atoms with Gasteiger partial charge in [-0.05, 0) is 38.1 Å². The molecule has 0 aromatic rings. The first-order valence-corrected chi connectivity index (χ1v) is 6.43. The number of rotatable bonds is 3. The van der Waals surface area contributed by atoms with Gasteiger partial charge in [0.15, 0.2) is 0 Å². The highest BCUT2D eigenvalue weighted by Crippen LogP contribution is 2.19. The van der Waals surface area contributed by atoms with E-state index in [1.54, 1.807) is 0 Å². The molecule has 0 spiro atoms. The Morgan fingerprint density at radius 1 is 1.38 bits per heavy atom. The third-order valence-corrected chi connectivity index (χ3v) is 3.81. The van der Waals surface area contributed by atoms with E-state index in [0.29, 0.717) is 24.3 Å². The molecule has 0 saturated carbocycles. The van der Waals surface area contributed by atoms with Crippen LogP contribution in [0.1, 0.15) is 32.1 Å². The Kier molecular flexibility index (Phi) is 3.99. The summed E-state index contributed by atoms with van der Waals surface area (Å²) in [5, 5.41) is 3.38. The van der Waals surface area contributed by atoms with Crippen LogP contribution in [0.5, 0.6) is 0 Å². The SMILES string of the molecule is C=CC1CCN(C(=O)CC2CCCN2)CC1. The Hall–Kier alpha value is -0.830. The van der Waals surface area contributed by atoms with Crippen LogP contribution >= 0.6 is 0 Å². The van der Waals surface area contributed by atoms with Crippen LogP contribution in [0.25, 0.3) is 0 Å². The molecule has 1 N–H and O–H groups in total. The van der Waals surface area contributed by atoms with Crippen molar-refractivity contribution in [2.45, 2.75) is 38.1 Å². The zero-order valence-electron chi connectivity index (χ0n) is 9.95. The predicted molar refractivity (Wildman–Crippen MR) is 65.1 cm³/mol. The van der Waals surface area contributed by atoms with Crippen molar-refractivity contribution >= 4 is 5.91 Å². The van der Waals surface area contributed by atoms with Crippen LogP contribution < -0.4 is 5.32 Å². The summed E-state index contributed by atoms with van der Waals surface area (Å²) in [5.74, 6) is 0.954. The lowest BCUT2D eigenvalue weighted by atomic mass is 9.96. The number of hydrogen-bond donors (Lipinski definition) is 1. The fourth-order valence-corrected chi connectivity index (χ4v) is 2.66. The highest BCUT2D eigenvalue weighted by atomic mass is 16.2. The third-order valence-electron chi connectivity index (χ3n) is 3.81. The van der Waals surface area contributed by atoms with E-state index in [1.807, 2.05) is 11.0 Å². The second kappa shape index (κ2) is 5.48. The molecule has 1 atom stereocenters. The van der Waals surface area contributed by atoms with Crippen LogP contribution in [0.2, 0.25) is 0 Å². The van der Waals surface area contributed by atoms with Gasteiger partial charge in [0, 0.05) is 25.6 Å². The van der Waals surface area contributed by atoms with Gasteiger partial charge in [0.1, 0.15) is 0 Å². The predicted octanol–water partition coefficient (Wildman–Crippen LogP) is 1.55. The number of hydrogen-bond acceptors (Lipinski definition) is 2. The number of nitrogens with one attached hydrogen (secondary N) is 1. The fraction of sp³-hybridized carbons (Fsp3) is 0.769. The standard InChI is InChI=1S/C13H22N2O/c1-2-11-5-8-15(9-6-11)13(16)10-12-4-3-7-14-12/h2,11-12,14H,1,3-10H2. The Morgan fingerprint density at radius 2 is 2.12 bits per heavy atom. The van der Waals surface area contributed by atoms with E-state index in [2.05, 4.69) is 11.9 Å². The molecule has 2 aliphatic heterocycles. The second-order valence-electron chi connectivity index (χ2n) is 4.95. The zero-order valence-corrected chi connectivity index (χ0v) is 9.95. The topological polar surface area (TPSA) is 32.3 Å². The number of carbonyl (C=O) groups excluding carboxylic acids is 1. The summed E-state index contributed by atoms with van der Waals surface area (Å²) >= 11 is 0. The molecule has 2 rings (SSSR count). The Balaban J connectivity index is 1.75. The van der Waals surface area contributed by atoms with Gasteiger partial charge in [-0.3, -0.25) is 4.79 Å². The minimum Gasteiger partial charge on any atom is -0.343 e. The van der Waals surface area contributed by atoms with E-state index < -0.39 is 0 Å². The smallest absolute Gasteiger partial charge is 0.224 e. The first-order chi connectivity index (χ1) is 7.79. The second-order valence-corrected chi connectivity index (χ2v) is 4.95. The summed E-state index contributed by atoms with van der Waals surface area (Å²) in [7, 11) is 0. The molecule has 1 unspecified atom stereocenters. The lowest BCUT2D eigenvalue weighted by molar-refractivity contribution is -0.132. The van der Waals surface area contributed by atoms with Gasteiger partial charge in [0.2, 0.25) is 5.91 Å². The van der Waals surface area contributed by atoms with Gasteiger partial charge in [-0.15, -0.1) is 6.58 Å². The minimum atomic E-state index is 0.335. The van der Waals surface area contributed by atoms with Crippen LogP contribution in [-0.2, 0) is 4.79 Å². The van der Waals surface area contributed by atoms with Gasteiger partial charge in [-0.2, -0.15) is 0 Å². The Labute approximate surface area is 97.9 Å². The van der Waals surface area contributed by atoms with Crippen LogP contribution in [0.15, 0.2) is 12.7 Å². The van der Waals surface area contributed by atoms with Crippen LogP contribution in [0, 0.1) is 5.92 Å². The molecule has 1 amide bonds. The normalized spacial score (nSPS) is 27.0. The van der Waals surface area contributed by atoms with Gasteiger partial charge in [-0.25, -0.2) is 0 Å². The summed E-state index contributed by atoms with van der Waals surface area (Å²) < 4.78 is 0. The van der Waals surface area contributed by atoms with E-state index in [9.17, 15) is 4.79 Å². The fourth-order valence-electron chi connectivity index (χ4n) is 2.66. The maximum Gasteiger partial charge on any atom is 0.224 e. The molecular formula is C13H22N2O. The van der Waals surface area contributed by atoms with Gasteiger partial charge >= 0.3 is 0 Å². The van der Waals surface area contributed by atoms with Crippen molar-refractivity contribution in [3.05, 3.63) is 12.7 Å². The van der Waals surface area contributed by atoms with E-state index >= 15 is 0 Å². The highest BCUT2D eigenvalue weighted by Gasteiger charge is 2.24. The summed E-state index contributed by atoms with van der Waals surface area (Å²) in [6.45, 7) is 6.74. The summed E-state index contributed by atoms with van der Waals surface area (Å²) in [6, 6.07) is 0.435. The lowest BCUT2D eigenvalue weighted by Crippen LogP contribution is -2.40. The number of piperidine rings is 1. The third kappa shape index (κ3) is 2.85. The van der Waals surface area contributed by atoms with Crippen molar-refractivity contribution in [2.75, 3.05) is 19.6 Å². The monoisotopic (exact) mass is 222 g/mol. The van der Waals surface area contributed by atoms with Crippen molar-refractivity contribution in [3.63, 3.8) is 0 Å². The van der Waals surface area contributed by atoms with Gasteiger partial charge in [-0.1, -0.05) is 6.08 Å². The molecular weight excluding hydrogens is 200 g/mol. The maximum atomic E-state index is 12.0. The average Bonchev–Trinajstić information content (AvgIpc) is 2.82. The molecule has 16 heavy (non-hydrogen) atoms. The molecule has 2 fully saturated rings. The quantitative estimate of drug-likeness (QED) is 0.735. The van der Waals surface area contributed by atoms with Crippen molar-refractivity contribution in [1.82, 2.24) is 10.2 Å². The highest BCUT2D eigenvalue weighted by molar-refractivity contribution is 5.77. The minimum absolute atomic E-state index is 0.335. The van der Waals surface area contributed by atoms with Crippen molar-refractivity contribution in [3.8, 4) is 0 Å². The summed E-state index contributed by atoms with van der Waals surface area (Å²) in [4.78, 5) is 14.0. The van der Waals surface area contributed by atoms with Gasteiger partial charge in [0.25, 0.3) is 0 Å². The van der Waals surface area contributed by atoms with E-state index in [4.69, 9.17) is 0 Å². The molecule has 0 bridgehead atoms. The van der Waals surface area contributed by atoms with Crippen LogP contribution in [0.4, 0.5) is 0 Å². The number of nitrogens with zero attached hydrogens (tertiary/aromatic N) is 1. The van der Waals surface area contributed by atoms with Crippen molar-refractivity contribution in [2.24, 2.45) is 5.92 Å². The number of likely N-dealkylation sites (tertiary alicyclic amines) is 1. The van der Waals surface area contributed by atoms with E-state index in [0.717, 1.165) is 38.9 Å². The molecule has 90 valence electrons. The first kappa shape index (κ1) is 11.6. The van der Waals surface area contributed by atoms with Gasteiger partial charge < -0.3 is 10.2 Å². The molecule has 2 heterocycles. The molecule has 3 nitrogen and oxygen atoms in total. The van der Waals surface area contributed by atoms with E-state index in [-0.39, 0.29) is 0 Å². The van der Waals surface area contributed by atoms with Crippen LogP contribution in [0.3, 0.4) is 0 Å². The molecule has 0 aliphatic carbocycles. The Morgan fingerprint density at radius 3 is 2.69 bits per heavy atom. The molecule has 3 heteroatoms. The maximum absolute atomic E-state index is 12.0. The molecule has 0 radical (unpaired) electrons. The molecule has 0 aromatic carbocycles. The lowest BCUT2D eigenvalue weighted by Gasteiger charge is -2.31. The number of carbonyl (C=O) groups is 1. The zero-order chi connectivity index (χ0) is 11.4. The molecule has 0 aromatic heterocycles. The first-order valence-electron chi connectivity index (χ1n) is 6.43. The van der Waals surface area contributed by atoms with Crippen molar-refractivity contribution in [1.29, 1.82) is 0 Å². The van der Waals surface area contributed by atoms with Crippen LogP contribution in [-0.4, -0.2) is 36.5 Å². The molecule has 2 aliphatic rings. The summed E-state index contributed by atoms with van der Waals surface area (Å²) in [6.07, 6.45) is 7.28. The average molecular weight is 222 g/mol.